The lowest BCUT2D eigenvalue weighted by molar-refractivity contribution is -0.132. The summed E-state index contributed by atoms with van der Waals surface area (Å²) >= 11 is 0. The number of aliphatic hydroxyl groups is 1. The fraction of sp³-hybridized carbons (Fsp3) is 0.207. The van der Waals surface area contributed by atoms with Gasteiger partial charge in [0.25, 0.3) is 11.7 Å². The number of aryl methyl sites for hydroxylation is 1. The summed E-state index contributed by atoms with van der Waals surface area (Å²) in [7, 11) is 1.54. The molecule has 2 aliphatic rings. The van der Waals surface area contributed by atoms with Crippen molar-refractivity contribution >= 4 is 29.1 Å². The Morgan fingerprint density at radius 2 is 1.70 bits per heavy atom. The molecule has 1 amide bonds. The molecule has 188 valence electrons. The summed E-state index contributed by atoms with van der Waals surface area (Å²) < 4.78 is 16.0. The van der Waals surface area contributed by atoms with E-state index in [0.717, 1.165) is 24.2 Å². The third-order valence-corrected chi connectivity index (χ3v) is 6.43. The highest BCUT2D eigenvalue weighted by atomic mass is 16.5. The highest BCUT2D eigenvalue weighted by Gasteiger charge is 2.47. The van der Waals surface area contributed by atoms with E-state index in [9.17, 15) is 19.5 Å². The van der Waals surface area contributed by atoms with Crippen LogP contribution in [-0.2, 0) is 20.8 Å². The van der Waals surface area contributed by atoms with Crippen LogP contribution in [0.2, 0.25) is 0 Å². The van der Waals surface area contributed by atoms with E-state index in [1.165, 1.54) is 18.9 Å². The average Bonchev–Trinajstić information content (AvgIpc) is 3.18. The van der Waals surface area contributed by atoms with Crippen molar-refractivity contribution in [3.05, 3.63) is 89.0 Å². The van der Waals surface area contributed by atoms with Crippen LogP contribution in [0.4, 0.5) is 5.69 Å². The maximum absolute atomic E-state index is 13.4. The van der Waals surface area contributed by atoms with Gasteiger partial charge in [-0.15, -0.1) is 0 Å². The summed E-state index contributed by atoms with van der Waals surface area (Å²) in [4.78, 5) is 39.4. The predicted molar refractivity (Wildman–Crippen MR) is 136 cm³/mol. The monoisotopic (exact) mass is 499 g/mol. The van der Waals surface area contributed by atoms with Crippen molar-refractivity contribution in [1.82, 2.24) is 0 Å². The van der Waals surface area contributed by atoms with E-state index in [1.54, 1.807) is 66.7 Å². The topological polar surface area (TPSA) is 102 Å². The molecule has 0 aliphatic carbocycles. The van der Waals surface area contributed by atoms with Gasteiger partial charge in [0, 0.05) is 18.2 Å². The normalized spacial score (nSPS) is 18.2. The summed E-state index contributed by atoms with van der Waals surface area (Å²) in [6.45, 7) is 1.94. The van der Waals surface area contributed by atoms with Crippen molar-refractivity contribution in [2.45, 2.75) is 25.8 Å². The first-order chi connectivity index (χ1) is 17.9. The summed E-state index contributed by atoms with van der Waals surface area (Å²) in [6, 6.07) is 17.6. The zero-order valence-electron chi connectivity index (χ0n) is 20.4. The summed E-state index contributed by atoms with van der Waals surface area (Å²) in [5.41, 5.74) is 2.36. The number of nitrogens with zero attached hydrogens (tertiary/aromatic N) is 1. The van der Waals surface area contributed by atoms with Crippen LogP contribution in [0, 0.1) is 0 Å². The molecule has 1 N–H and O–H groups in total. The van der Waals surface area contributed by atoms with Crippen LogP contribution in [0.15, 0.2) is 72.3 Å². The number of esters is 1. The number of ether oxygens (including phenoxy) is 3. The average molecular weight is 500 g/mol. The molecule has 8 nitrogen and oxygen atoms in total. The fourth-order valence-corrected chi connectivity index (χ4v) is 4.70. The molecule has 3 aromatic carbocycles. The number of methoxy groups -OCH3 is 1. The standard InChI is InChI=1S/C29H25NO7/c1-17(31)37-23-10-5-18(6-11-23)26-25(27(32)20-7-14-24-19(16-20)4-3-15-36-24)28(33)29(34)30(26)21-8-12-22(35-2)13-9-21/h5-14,16,26,32H,3-4,15H2,1-2H3/b27-25-. The van der Waals surface area contributed by atoms with Gasteiger partial charge in [0.1, 0.15) is 23.0 Å². The predicted octanol–water partition coefficient (Wildman–Crippen LogP) is 4.57. The SMILES string of the molecule is COc1ccc(N2C(=O)C(=O)/C(=C(\O)c3ccc4c(c3)CCCO4)C2c2ccc(OC(C)=O)cc2)cc1. The first kappa shape index (κ1) is 24.1. The second-order valence-corrected chi connectivity index (χ2v) is 8.80. The molecule has 0 spiro atoms. The van der Waals surface area contributed by atoms with Gasteiger partial charge >= 0.3 is 5.97 Å². The third kappa shape index (κ3) is 4.53. The van der Waals surface area contributed by atoms with Gasteiger partial charge in [0.15, 0.2) is 0 Å². The zero-order chi connectivity index (χ0) is 26.1. The summed E-state index contributed by atoms with van der Waals surface area (Å²) in [6.07, 6.45) is 1.64. The second kappa shape index (κ2) is 9.81. The van der Waals surface area contributed by atoms with Crippen molar-refractivity contribution in [3.63, 3.8) is 0 Å². The molecule has 1 saturated heterocycles. The van der Waals surface area contributed by atoms with Crippen molar-refractivity contribution in [2.24, 2.45) is 0 Å². The molecule has 0 aromatic heterocycles. The van der Waals surface area contributed by atoms with E-state index in [2.05, 4.69) is 0 Å². The first-order valence-corrected chi connectivity index (χ1v) is 11.9. The molecule has 2 aliphatic heterocycles. The molecule has 0 radical (unpaired) electrons. The molecule has 5 rings (SSSR count). The van der Waals surface area contributed by atoms with Gasteiger partial charge in [0.2, 0.25) is 0 Å². The lowest BCUT2D eigenvalue weighted by Gasteiger charge is -2.26. The van der Waals surface area contributed by atoms with E-state index < -0.39 is 23.7 Å². The summed E-state index contributed by atoms with van der Waals surface area (Å²) in [5, 5.41) is 11.4. The number of fused-ring (bicyclic) bond motifs is 1. The highest BCUT2D eigenvalue weighted by molar-refractivity contribution is 6.51. The number of amides is 1. The minimum atomic E-state index is -0.910. The van der Waals surface area contributed by atoms with Crippen molar-refractivity contribution < 1.29 is 33.7 Å². The van der Waals surface area contributed by atoms with Gasteiger partial charge in [-0.1, -0.05) is 12.1 Å². The van der Waals surface area contributed by atoms with Crippen molar-refractivity contribution in [2.75, 3.05) is 18.6 Å². The molecule has 2 heterocycles. The number of hydrogen-bond donors (Lipinski definition) is 1. The molecule has 8 heteroatoms. The number of benzene rings is 3. The molecule has 1 unspecified atom stereocenters. The van der Waals surface area contributed by atoms with Crippen LogP contribution in [0.25, 0.3) is 5.76 Å². The fourth-order valence-electron chi connectivity index (χ4n) is 4.70. The minimum Gasteiger partial charge on any atom is -0.507 e. The Balaban J connectivity index is 1.64. The Hall–Kier alpha value is -4.59. The van der Waals surface area contributed by atoms with Crippen LogP contribution in [0.5, 0.6) is 17.2 Å². The van der Waals surface area contributed by atoms with E-state index in [-0.39, 0.29) is 11.3 Å². The Labute approximate surface area is 213 Å². The number of hydrogen-bond acceptors (Lipinski definition) is 7. The number of Topliss-reactive ketones (excluding diaryl/α,β-unsaturated/α-hetero) is 1. The minimum absolute atomic E-state index is 0.0299. The van der Waals surface area contributed by atoms with Crippen molar-refractivity contribution in [3.8, 4) is 17.2 Å². The number of ketones is 1. The number of rotatable bonds is 5. The number of carbonyl (C=O) groups is 3. The third-order valence-electron chi connectivity index (χ3n) is 6.43. The van der Waals surface area contributed by atoms with Gasteiger partial charge in [-0.2, -0.15) is 0 Å². The van der Waals surface area contributed by atoms with Crippen molar-refractivity contribution in [1.29, 1.82) is 0 Å². The smallest absolute Gasteiger partial charge is 0.308 e. The van der Waals surface area contributed by atoms with E-state index in [1.807, 2.05) is 0 Å². The molecule has 0 saturated carbocycles. The van der Waals surface area contributed by atoms with Crippen LogP contribution in [0.3, 0.4) is 0 Å². The van der Waals surface area contributed by atoms with Gasteiger partial charge in [-0.05, 0) is 78.6 Å². The Morgan fingerprint density at radius 1 is 1.00 bits per heavy atom. The van der Waals surface area contributed by atoms with E-state index in [4.69, 9.17) is 14.2 Å². The Bertz CT molecular complexity index is 1410. The largest absolute Gasteiger partial charge is 0.507 e. The lowest BCUT2D eigenvalue weighted by atomic mass is 9.94. The Kier molecular flexibility index (Phi) is 6.40. The summed E-state index contributed by atoms with van der Waals surface area (Å²) in [5.74, 6) is -0.617. The lowest BCUT2D eigenvalue weighted by Crippen LogP contribution is -2.29. The van der Waals surface area contributed by atoms with Crippen LogP contribution in [-0.4, -0.2) is 36.5 Å². The number of carbonyl (C=O) groups excluding carboxylic acids is 3. The molecule has 37 heavy (non-hydrogen) atoms. The molecule has 0 bridgehead atoms. The second-order valence-electron chi connectivity index (χ2n) is 8.80. The van der Waals surface area contributed by atoms with E-state index >= 15 is 0 Å². The maximum atomic E-state index is 13.4. The molecular formula is C29H25NO7. The molecule has 1 fully saturated rings. The van der Waals surface area contributed by atoms with Crippen LogP contribution >= 0.6 is 0 Å². The quantitative estimate of drug-likeness (QED) is 0.180. The van der Waals surface area contributed by atoms with Gasteiger partial charge < -0.3 is 19.3 Å². The van der Waals surface area contributed by atoms with Gasteiger partial charge in [-0.3, -0.25) is 19.3 Å². The number of aliphatic hydroxyl groups excluding tert-OH is 1. The van der Waals surface area contributed by atoms with Gasteiger partial charge in [-0.25, -0.2) is 0 Å². The maximum Gasteiger partial charge on any atom is 0.308 e. The first-order valence-electron chi connectivity index (χ1n) is 11.9. The van der Waals surface area contributed by atoms with E-state index in [0.29, 0.717) is 34.9 Å². The molecular weight excluding hydrogens is 474 g/mol. The molecule has 3 aromatic rings. The van der Waals surface area contributed by atoms with Crippen LogP contribution in [0.1, 0.15) is 36.1 Å². The molecule has 1 atom stereocenters. The number of anilines is 1. The van der Waals surface area contributed by atoms with Crippen LogP contribution < -0.4 is 19.1 Å². The zero-order valence-corrected chi connectivity index (χ0v) is 20.4. The van der Waals surface area contributed by atoms with Gasteiger partial charge in [0.05, 0.1) is 25.3 Å². The highest BCUT2D eigenvalue weighted by Crippen LogP contribution is 2.43. The Morgan fingerprint density at radius 3 is 2.38 bits per heavy atom.